The predicted molar refractivity (Wildman–Crippen MR) is 80.0 cm³/mol. The molecule has 3 nitrogen and oxygen atoms in total. The number of rotatable bonds is 4. The summed E-state index contributed by atoms with van der Waals surface area (Å²) in [5.74, 6) is 2.18. The van der Waals surface area contributed by atoms with Gasteiger partial charge in [0.05, 0.1) is 18.8 Å². The monoisotopic (exact) mass is 275 g/mol. The summed E-state index contributed by atoms with van der Waals surface area (Å²) in [6.07, 6.45) is 4.66. The highest BCUT2D eigenvalue weighted by molar-refractivity contribution is 5.39. The molecule has 110 valence electrons. The highest BCUT2D eigenvalue weighted by Crippen LogP contribution is 2.38. The quantitative estimate of drug-likeness (QED) is 0.918. The van der Waals surface area contributed by atoms with Crippen LogP contribution in [-0.2, 0) is 4.74 Å². The zero-order valence-corrected chi connectivity index (χ0v) is 12.3. The minimum Gasteiger partial charge on any atom is -0.493 e. The lowest BCUT2D eigenvalue weighted by atomic mass is 9.79. The summed E-state index contributed by atoms with van der Waals surface area (Å²) in [5, 5.41) is 0. The van der Waals surface area contributed by atoms with Gasteiger partial charge in [-0.25, -0.2) is 0 Å². The molecule has 0 aromatic heterocycles. The van der Waals surface area contributed by atoms with Crippen molar-refractivity contribution in [2.24, 2.45) is 11.7 Å². The smallest absolute Gasteiger partial charge is 0.123 e. The van der Waals surface area contributed by atoms with Crippen molar-refractivity contribution >= 4 is 0 Å². The Morgan fingerprint density at radius 1 is 1.30 bits per heavy atom. The van der Waals surface area contributed by atoms with Gasteiger partial charge in [-0.1, -0.05) is 25.1 Å². The van der Waals surface area contributed by atoms with Crippen LogP contribution in [0.5, 0.6) is 5.75 Å². The first-order chi connectivity index (χ1) is 9.72. The van der Waals surface area contributed by atoms with E-state index in [0.29, 0.717) is 12.5 Å². The Balaban J connectivity index is 1.62. The molecule has 1 aromatic carbocycles. The second kappa shape index (κ2) is 5.74. The van der Waals surface area contributed by atoms with E-state index >= 15 is 0 Å². The fourth-order valence-corrected chi connectivity index (χ4v) is 3.34. The van der Waals surface area contributed by atoms with E-state index < -0.39 is 0 Å². The predicted octanol–water partition coefficient (Wildman–Crippen LogP) is 3.09. The molecule has 1 saturated carbocycles. The van der Waals surface area contributed by atoms with Crippen LogP contribution in [0.3, 0.4) is 0 Å². The van der Waals surface area contributed by atoms with E-state index in [1.165, 1.54) is 18.4 Å². The van der Waals surface area contributed by atoms with Gasteiger partial charge < -0.3 is 15.2 Å². The van der Waals surface area contributed by atoms with Crippen molar-refractivity contribution in [3.63, 3.8) is 0 Å². The molecule has 0 bridgehead atoms. The van der Waals surface area contributed by atoms with Gasteiger partial charge in [-0.3, -0.25) is 0 Å². The maximum Gasteiger partial charge on any atom is 0.123 e. The van der Waals surface area contributed by atoms with Crippen molar-refractivity contribution < 1.29 is 9.47 Å². The molecule has 3 heteroatoms. The number of hydrogen-bond donors (Lipinski definition) is 1. The largest absolute Gasteiger partial charge is 0.493 e. The van der Waals surface area contributed by atoms with Gasteiger partial charge in [0.2, 0.25) is 0 Å². The molecule has 2 N–H and O–H groups in total. The number of nitrogens with two attached hydrogens (primary N) is 1. The summed E-state index contributed by atoms with van der Waals surface area (Å²) in [6.45, 7) is 4.41. The van der Waals surface area contributed by atoms with Gasteiger partial charge >= 0.3 is 0 Å². The second-order valence-corrected chi connectivity index (χ2v) is 6.43. The second-order valence-electron chi connectivity index (χ2n) is 6.43. The van der Waals surface area contributed by atoms with E-state index in [2.05, 4.69) is 19.1 Å². The van der Waals surface area contributed by atoms with Crippen molar-refractivity contribution in [3.8, 4) is 5.75 Å². The molecule has 1 aromatic rings. The average Bonchev–Trinajstić information content (AvgIpc) is 2.91. The molecule has 1 unspecified atom stereocenters. The summed E-state index contributed by atoms with van der Waals surface area (Å²) in [6, 6.07) is 8.28. The van der Waals surface area contributed by atoms with E-state index in [4.69, 9.17) is 15.2 Å². The van der Waals surface area contributed by atoms with Crippen molar-refractivity contribution in [3.05, 3.63) is 29.8 Å². The molecule has 0 radical (unpaired) electrons. The zero-order chi connectivity index (χ0) is 14.0. The van der Waals surface area contributed by atoms with Crippen LogP contribution in [0.15, 0.2) is 24.3 Å². The Morgan fingerprint density at radius 3 is 2.80 bits per heavy atom. The van der Waals surface area contributed by atoms with Crippen LogP contribution in [0.1, 0.15) is 44.1 Å². The van der Waals surface area contributed by atoms with Crippen molar-refractivity contribution in [2.45, 2.75) is 44.1 Å². The van der Waals surface area contributed by atoms with Crippen LogP contribution in [0.4, 0.5) is 0 Å². The first-order valence-electron chi connectivity index (χ1n) is 7.78. The van der Waals surface area contributed by atoms with Crippen molar-refractivity contribution in [2.75, 3.05) is 19.8 Å². The van der Waals surface area contributed by atoms with Gasteiger partial charge in [-0.05, 0) is 37.7 Å². The first-order valence-corrected chi connectivity index (χ1v) is 7.78. The zero-order valence-electron chi connectivity index (χ0n) is 12.3. The lowest BCUT2D eigenvalue weighted by molar-refractivity contribution is -0.0761. The van der Waals surface area contributed by atoms with Gasteiger partial charge in [0.25, 0.3) is 0 Å². The molecule has 0 saturated heterocycles. The van der Waals surface area contributed by atoms with E-state index in [9.17, 15) is 0 Å². The minimum atomic E-state index is -0.0932. The van der Waals surface area contributed by atoms with Crippen molar-refractivity contribution in [1.82, 2.24) is 0 Å². The number of fused-ring (bicyclic) bond motifs is 1. The normalized spacial score (nSPS) is 32.7. The molecular weight excluding hydrogens is 250 g/mol. The summed E-state index contributed by atoms with van der Waals surface area (Å²) in [5.41, 5.74) is 7.19. The Bertz CT molecular complexity index is 452. The Morgan fingerprint density at radius 2 is 2.05 bits per heavy atom. The summed E-state index contributed by atoms with van der Waals surface area (Å²) in [4.78, 5) is 0. The van der Waals surface area contributed by atoms with Gasteiger partial charge in [0.15, 0.2) is 0 Å². The maximum absolute atomic E-state index is 6.30. The van der Waals surface area contributed by atoms with E-state index in [0.717, 1.165) is 37.7 Å². The molecule has 3 rings (SSSR count). The van der Waals surface area contributed by atoms with Gasteiger partial charge in [-0.2, -0.15) is 0 Å². The molecule has 1 fully saturated rings. The van der Waals surface area contributed by atoms with E-state index in [1.54, 1.807) is 0 Å². The summed E-state index contributed by atoms with van der Waals surface area (Å²) in [7, 11) is 0. The lowest BCUT2D eigenvalue weighted by Crippen LogP contribution is -2.44. The Kier molecular flexibility index (Phi) is 3.99. The highest BCUT2D eigenvalue weighted by Gasteiger charge is 2.35. The molecule has 1 heterocycles. The Hall–Kier alpha value is -1.06. The van der Waals surface area contributed by atoms with Crippen LogP contribution >= 0.6 is 0 Å². The maximum atomic E-state index is 6.30. The van der Waals surface area contributed by atoms with Gasteiger partial charge in [0, 0.05) is 18.0 Å². The van der Waals surface area contributed by atoms with Gasteiger partial charge in [0.1, 0.15) is 5.75 Å². The van der Waals surface area contributed by atoms with Crippen LogP contribution in [0.25, 0.3) is 0 Å². The van der Waals surface area contributed by atoms with Crippen molar-refractivity contribution in [1.29, 1.82) is 0 Å². The van der Waals surface area contributed by atoms with Crippen LogP contribution in [0.2, 0.25) is 0 Å². The third-order valence-corrected chi connectivity index (χ3v) is 4.95. The molecule has 2 aliphatic rings. The fourth-order valence-electron chi connectivity index (χ4n) is 3.34. The molecule has 1 aliphatic carbocycles. The van der Waals surface area contributed by atoms with Crippen LogP contribution in [-0.4, -0.2) is 25.4 Å². The standard InChI is InChI=1S/C17H25NO2/c1-13-6-8-17(12-18,9-7-13)20-11-14-10-19-16-5-3-2-4-15(14)16/h2-5,13-14H,6-12,18H2,1H3. The van der Waals surface area contributed by atoms with Crippen LogP contribution in [0, 0.1) is 5.92 Å². The average molecular weight is 275 g/mol. The first kappa shape index (κ1) is 13.9. The molecular formula is C17H25NO2. The van der Waals surface area contributed by atoms with Crippen LogP contribution < -0.4 is 10.5 Å². The third-order valence-electron chi connectivity index (χ3n) is 4.95. The van der Waals surface area contributed by atoms with E-state index in [-0.39, 0.29) is 5.60 Å². The SMILES string of the molecule is CC1CCC(CN)(OCC2COc3ccccc32)CC1. The number of para-hydroxylation sites is 1. The number of hydrogen-bond acceptors (Lipinski definition) is 3. The van der Waals surface area contributed by atoms with Gasteiger partial charge in [-0.15, -0.1) is 0 Å². The minimum absolute atomic E-state index is 0.0932. The summed E-state index contributed by atoms with van der Waals surface area (Å²) < 4.78 is 12.0. The molecule has 20 heavy (non-hydrogen) atoms. The number of benzene rings is 1. The third kappa shape index (κ3) is 2.70. The molecule has 1 atom stereocenters. The lowest BCUT2D eigenvalue weighted by Gasteiger charge is -2.39. The topological polar surface area (TPSA) is 44.5 Å². The summed E-state index contributed by atoms with van der Waals surface area (Å²) >= 11 is 0. The molecule has 1 aliphatic heterocycles. The fraction of sp³-hybridized carbons (Fsp3) is 0.647. The van der Waals surface area contributed by atoms with E-state index in [1.807, 2.05) is 12.1 Å². The Labute approximate surface area is 121 Å². The highest BCUT2D eigenvalue weighted by atomic mass is 16.5. The molecule has 0 amide bonds. The number of ether oxygens (including phenoxy) is 2. The molecule has 0 spiro atoms.